The second-order valence-corrected chi connectivity index (χ2v) is 6.08. The number of para-hydroxylation sites is 1. The fraction of sp³-hybridized carbons (Fsp3) is 0.350. The first kappa shape index (κ1) is 20.5. The van der Waals surface area contributed by atoms with E-state index in [1.54, 1.807) is 13.1 Å². The zero-order chi connectivity index (χ0) is 17.6. The van der Waals surface area contributed by atoms with Crippen molar-refractivity contribution >= 4 is 29.9 Å². The van der Waals surface area contributed by atoms with Crippen molar-refractivity contribution in [3.63, 3.8) is 0 Å². The summed E-state index contributed by atoms with van der Waals surface area (Å²) in [4.78, 5) is 4.27. The maximum Gasteiger partial charge on any atom is 0.191 e. The molecule has 1 saturated carbocycles. The first-order chi connectivity index (χ1) is 12.2. The Morgan fingerprint density at radius 2 is 1.92 bits per heavy atom. The van der Waals surface area contributed by atoms with Gasteiger partial charge in [-0.3, -0.25) is 4.99 Å². The molecule has 4 nitrogen and oxygen atoms in total. The molecule has 2 atom stereocenters. The van der Waals surface area contributed by atoms with Crippen molar-refractivity contribution in [1.82, 2.24) is 10.6 Å². The number of hydrogen-bond acceptors (Lipinski definition) is 2. The van der Waals surface area contributed by atoms with E-state index in [2.05, 4.69) is 15.6 Å². The van der Waals surface area contributed by atoms with Gasteiger partial charge in [0.25, 0.3) is 0 Å². The minimum absolute atomic E-state index is 0. The third kappa shape index (κ3) is 5.09. The summed E-state index contributed by atoms with van der Waals surface area (Å²) in [6, 6.07) is 15.1. The molecular weight excluding hydrogens is 444 g/mol. The summed E-state index contributed by atoms with van der Waals surface area (Å²) < 4.78 is 19.5. The quantitative estimate of drug-likeness (QED) is 0.381. The van der Waals surface area contributed by atoms with Gasteiger partial charge in [0.2, 0.25) is 0 Å². The van der Waals surface area contributed by atoms with Gasteiger partial charge in [-0.1, -0.05) is 36.4 Å². The highest BCUT2D eigenvalue weighted by atomic mass is 127. The standard InChI is InChI=1S/C20H24FN3O.HI/c1-3-25-19-11-7-4-8-14(19)13-23-20(22-2)24-18-12-16(18)15-9-5-6-10-17(15)21;/h4-11,16,18H,3,12-13H2,1-2H3,(H2,22,23,24);1H. The molecule has 0 bridgehead atoms. The molecule has 0 heterocycles. The van der Waals surface area contributed by atoms with Crippen LogP contribution in [0, 0.1) is 5.82 Å². The van der Waals surface area contributed by atoms with Crippen LogP contribution in [0.25, 0.3) is 0 Å². The number of aliphatic imine (C=N–C) groups is 1. The molecular formula is C20H25FIN3O. The summed E-state index contributed by atoms with van der Waals surface area (Å²) in [5, 5.41) is 6.68. The van der Waals surface area contributed by atoms with E-state index in [4.69, 9.17) is 4.74 Å². The highest BCUT2D eigenvalue weighted by Gasteiger charge is 2.40. The van der Waals surface area contributed by atoms with Crippen LogP contribution in [0.15, 0.2) is 53.5 Å². The second kappa shape index (κ2) is 9.75. The molecule has 26 heavy (non-hydrogen) atoms. The highest BCUT2D eigenvalue weighted by Crippen LogP contribution is 2.41. The zero-order valence-electron chi connectivity index (χ0n) is 15.0. The van der Waals surface area contributed by atoms with E-state index < -0.39 is 0 Å². The lowest BCUT2D eigenvalue weighted by Crippen LogP contribution is -2.38. The Kier molecular flexibility index (Phi) is 7.68. The topological polar surface area (TPSA) is 45.6 Å². The van der Waals surface area contributed by atoms with Crippen molar-refractivity contribution in [3.05, 3.63) is 65.5 Å². The molecule has 2 unspecified atom stereocenters. The molecule has 0 spiro atoms. The monoisotopic (exact) mass is 469 g/mol. The third-order valence-corrected chi connectivity index (χ3v) is 4.36. The number of hydrogen-bond donors (Lipinski definition) is 2. The van der Waals surface area contributed by atoms with Gasteiger partial charge in [-0.15, -0.1) is 24.0 Å². The number of rotatable bonds is 6. The molecule has 2 N–H and O–H groups in total. The molecule has 2 aromatic carbocycles. The Balaban J connectivity index is 0.00000243. The van der Waals surface area contributed by atoms with Crippen molar-refractivity contribution in [2.75, 3.05) is 13.7 Å². The average Bonchev–Trinajstić information content (AvgIpc) is 3.39. The summed E-state index contributed by atoms with van der Waals surface area (Å²) in [5.41, 5.74) is 1.85. The Morgan fingerprint density at radius 3 is 2.65 bits per heavy atom. The van der Waals surface area contributed by atoms with Crippen molar-refractivity contribution < 1.29 is 9.13 Å². The van der Waals surface area contributed by atoms with Crippen LogP contribution in [-0.4, -0.2) is 25.7 Å². The lowest BCUT2D eigenvalue weighted by Gasteiger charge is -2.14. The van der Waals surface area contributed by atoms with E-state index in [1.807, 2.05) is 43.3 Å². The van der Waals surface area contributed by atoms with Crippen LogP contribution < -0.4 is 15.4 Å². The summed E-state index contributed by atoms with van der Waals surface area (Å²) in [6.45, 7) is 3.23. The number of guanidine groups is 1. The number of nitrogens with zero attached hydrogens (tertiary/aromatic N) is 1. The molecule has 2 aromatic rings. The summed E-state index contributed by atoms with van der Waals surface area (Å²) in [6.07, 6.45) is 0.914. The van der Waals surface area contributed by atoms with E-state index in [9.17, 15) is 4.39 Å². The van der Waals surface area contributed by atoms with Crippen molar-refractivity contribution in [1.29, 1.82) is 0 Å². The van der Waals surface area contributed by atoms with Gasteiger partial charge in [0, 0.05) is 31.1 Å². The van der Waals surface area contributed by atoms with Crippen LogP contribution in [0.1, 0.15) is 30.4 Å². The third-order valence-electron chi connectivity index (χ3n) is 4.36. The molecule has 6 heteroatoms. The van der Waals surface area contributed by atoms with Crippen LogP contribution in [-0.2, 0) is 6.54 Å². The van der Waals surface area contributed by atoms with Gasteiger partial charge in [0.15, 0.2) is 5.96 Å². The Hall–Kier alpha value is -1.83. The molecule has 3 rings (SSSR count). The van der Waals surface area contributed by atoms with E-state index in [0.29, 0.717) is 13.2 Å². The van der Waals surface area contributed by atoms with Gasteiger partial charge in [-0.25, -0.2) is 4.39 Å². The predicted molar refractivity (Wildman–Crippen MR) is 114 cm³/mol. The zero-order valence-corrected chi connectivity index (χ0v) is 17.4. The van der Waals surface area contributed by atoms with Gasteiger partial charge in [0.05, 0.1) is 6.61 Å². The number of ether oxygens (including phenoxy) is 1. The largest absolute Gasteiger partial charge is 0.494 e. The minimum Gasteiger partial charge on any atom is -0.494 e. The maximum atomic E-state index is 13.9. The van der Waals surface area contributed by atoms with E-state index >= 15 is 0 Å². The van der Waals surface area contributed by atoms with Gasteiger partial charge in [0.1, 0.15) is 11.6 Å². The molecule has 0 radical (unpaired) electrons. The van der Waals surface area contributed by atoms with Crippen LogP contribution >= 0.6 is 24.0 Å². The van der Waals surface area contributed by atoms with Crippen molar-refractivity contribution in [2.24, 2.45) is 4.99 Å². The maximum absolute atomic E-state index is 13.9. The second-order valence-electron chi connectivity index (χ2n) is 6.08. The lowest BCUT2D eigenvalue weighted by atomic mass is 10.1. The highest BCUT2D eigenvalue weighted by molar-refractivity contribution is 14.0. The van der Waals surface area contributed by atoms with Crippen molar-refractivity contribution in [3.8, 4) is 5.75 Å². The lowest BCUT2D eigenvalue weighted by molar-refractivity contribution is 0.336. The van der Waals surface area contributed by atoms with Gasteiger partial charge in [-0.2, -0.15) is 0 Å². The number of nitrogens with one attached hydrogen (secondary N) is 2. The van der Waals surface area contributed by atoms with E-state index in [0.717, 1.165) is 29.3 Å². The Labute approximate surface area is 171 Å². The first-order valence-corrected chi connectivity index (χ1v) is 8.65. The smallest absolute Gasteiger partial charge is 0.191 e. The van der Waals surface area contributed by atoms with Gasteiger partial charge in [-0.05, 0) is 31.0 Å². The van der Waals surface area contributed by atoms with Crippen LogP contribution in [0.2, 0.25) is 0 Å². The Bertz CT molecular complexity index is 753. The molecule has 140 valence electrons. The Morgan fingerprint density at radius 1 is 1.19 bits per heavy atom. The van der Waals surface area contributed by atoms with Crippen LogP contribution in [0.3, 0.4) is 0 Å². The molecule has 0 amide bonds. The molecule has 0 saturated heterocycles. The average molecular weight is 469 g/mol. The minimum atomic E-state index is -0.134. The molecule has 1 aliphatic rings. The molecule has 0 aliphatic heterocycles. The van der Waals surface area contributed by atoms with Crippen LogP contribution in [0.5, 0.6) is 5.75 Å². The summed E-state index contributed by atoms with van der Waals surface area (Å²) in [7, 11) is 1.74. The molecule has 1 aliphatic carbocycles. The van der Waals surface area contributed by atoms with Gasteiger partial charge < -0.3 is 15.4 Å². The van der Waals surface area contributed by atoms with Gasteiger partial charge >= 0.3 is 0 Å². The van der Waals surface area contributed by atoms with E-state index in [1.165, 1.54) is 6.07 Å². The van der Waals surface area contributed by atoms with Crippen molar-refractivity contribution in [2.45, 2.75) is 31.8 Å². The fourth-order valence-corrected chi connectivity index (χ4v) is 2.97. The summed E-state index contributed by atoms with van der Waals surface area (Å²) >= 11 is 0. The fourth-order valence-electron chi connectivity index (χ4n) is 2.97. The number of halogens is 2. The SMILES string of the molecule is CCOc1ccccc1CNC(=NC)NC1CC1c1ccccc1F.I. The molecule has 1 fully saturated rings. The first-order valence-electron chi connectivity index (χ1n) is 8.65. The van der Waals surface area contributed by atoms with Crippen LogP contribution in [0.4, 0.5) is 4.39 Å². The molecule has 0 aromatic heterocycles. The predicted octanol–water partition coefficient (Wildman–Crippen LogP) is 4.06. The summed E-state index contributed by atoms with van der Waals surface area (Å²) in [5.74, 6) is 1.67. The van der Waals surface area contributed by atoms with E-state index in [-0.39, 0.29) is 41.8 Å². The normalized spacial score (nSPS) is 18.7. The number of benzene rings is 2.